The third-order valence-corrected chi connectivity index (χ3v) is 2.45. The van der Waals surface area contributed by atoms with Crippen LogP contribution in [0.4, 0.5) is 4.79 Å². The number of halogens is 2. The molecule has 0 atom stereocenters. The second-order valence-electron chi connectivity index (χ2n) is 4.27. The lowest BCUT2D eigenvalue weighted by atomic mass is 9.87. The molecule has 1 aromatic heterocycles. The average Bonchev–Trinajstić information content (AvgIpc) is 2.08. The van der Waals surface area contributed by atoms with Crippen molar-refractivity contribution in [3.8, 4) is 5.75 Å². The van der Waals surface area contributed by atoms with Crippen LogP contribution in [0.1, 0.15) is 26.3 Å². The van der Waals surface area contributed by atoms with Crippen LogP contribution < -0.4 is 10.5 Å². The second kappa shape index (κ2) is 4.47. The third kappa shape index (κ3) is 2.77. The van der Waals surface area contributed by atoms with Crippen molar-refractivity contribution >= 4 is 29.3 Å². The van der Waals surface area contributed by atoms with Crippen molar-refractivity contribution in [3.63, 3.8) is 0 Å². The first kappa shape index (κ1) is 13.1. The predicted molar refractivity (Wildman–Crippen MR) is 63.2 cm³/mol. The Morgan fingerprint density at radius 1 is 1.44 bits per heavy atom. The summed E-state index contributed by atoms with van der Waals surface area (Å²) in [5, 5.41) is 0.446. The molecule has 0 radical (unpaired) electrons. The molecule has 0 aromatic carbocycles. The van der Waals surface area contributed by atoms with Crippen molar-refractivity contribution in [1.82, 2.24) is 4.98 Å². The molecule has 1 aromatic rings. The van der Waals surface area contributed by atoms with E-state index in [-0.39, 0.29) is 16.3 Å². The standard InChI is InChI=1S/C10H12Cl2N2O2/c1-10(2,3)6-5(11)4-14-8(12)7(6)16-9(13)15/h4H,1-3H3,(H2,13,15). The van der Waals surface area contributed by atoms with E-state index in [4.69, 9.17) is 33.7 Å². The minimum absolute atomic E-state index is 0.0631. The molecule has 1 heterocycles. The van der Waals surface area contributed by atoms with Gasteiger partial charge in [-0.3, -0.25) is 0 Å². The first-order valence-corrected chi connectivity index (χ1v) is 5.31. The van der Waals surface area contributed by atoms with Crippen molar-refractivity contribution in [2.75, 3.05) is 0 Å². The molecule has 0 aliphatic rings. The smallest absolute Gasteiger partial charge is 0.407 e. The van der Waals surface area contributed by atoms with E-state index in [1.807, 2.05) is 20.8 Å². The molecule has 1 rings (SSSR count). The summed E-state index contributed by atoms with van der Waals surface area (Å²) in [7, 11) is 0. The van der Waals surface area contributed by atoms with Gasteiger partial charge in [-0.05, 0) is 5.41 Å². The molecule has 2 N–H and O–H groups in total. The van der Waals surface area contributed by atoms with Gasteiger partial charge in [0, 0.05) is 11.8 Å². The van der Waals surface area contributed by atoms with E-state index in [1.54, 1.807) is 0 Å². The molecule has 0 spiro atoms. The minimum atomic E-state index is -0.948. The maximum absolute atomic E-state index is 10.8. The third-order valence-electron chi connectivity index (χ3n) is 1.90. The van der Waals surface area contributed by atoms with Gasteiger partial charge in [0.25, 0.3) is 0 Å². The van der Waals surface area contributed by atoms with Gasteiger partial charge >= 0.3 is 6.09 Å². The zero-order chi connectivity index (χ0) is 12.5. The van der Waals surface area contributed by atoms with Crippen molar-refractivity contribution in [2.24, 2.45) is 5.73 Å². The number of amides is 1. The molecule has 4 nitrogen and oxygen atoms in total. The van der Waals surface area contributed by atoms with Gasteiger partial charge in [-0.2, -0.15) is 0 Å². The van der Waals surface area contributed by atoms with Crippen molar-refractivity contribution in [2.45, 2.75) is 26.2 Å². The van der Waals surface area contributed by atoms with Gasteiger partial charge in [0.15, 0.2) is 10.9 Å². The maximum atomic E-state index is 10.8. The number of pyridine rings is 1. The van der Waals surface area contributed by atoms with Crippen LogP contribution in [0.3, 0.4) is 0 Å². The summed E-state index contributed by atoms with van der Waals surface area (Å²) in [6, 6.07) is 0. The molecule has 0 aliphatic carbocycles. The normalized spacial score (nSPS) is 11.3. The number of aromatic nitrogens is 1. The predicted octanol–water partition coefficient (Wildman–Crippen LogP) is 3.14. The van der Waals surface area contributed by atoms with Crippen LogP contribution in [0.2, 0.25) is 10.2 Å². The minimum Gasteiger partial charge on any atom is -0.407 e. The Bertz CT molecular complexity index is 428. The van der Waals surface area contributed by atoms with E-state index >= 15 is 0 Å². The summed E-state index contributed by atoms with van der Waals surface area (Å²) in [6.07, 6.45) is 0.467. The topological polar surface area (TPSA) is 65.2 Å². The van der Waals surface area contributed by atoms with E-state index in [0.29, 0.717) is 10.6 Å². The number of hydrogen-bond donors (Lipinski definition) is 1. The van der Waals surface area contributed by atoms with Crippen LogP contribution in [0.15, 0.2) is 6.20 Å². The van der Waals surface area contributed by atoms with Gasteiger partial charge < -0.3 is 10.5 Å². The van der Waals surface area contributed by atoms with E-state index in [9.17, 15) is 4.79 Å². The van der Waals surface area contributed by atoms with Gasteiger partial charge in [0.05, 0.1) is 5.02 Å². The van der Waals surface area contributed by atoms with Gasteiger partial charge in [-0.25, -0.2) is 9.78 Å². The van der Waals surface area contributed by atoms with E-state index < -0.39 is 6.09 Å². The fourth-order valence-corrected chi connectivity index (χ4v) is 1.94. The Morgan fingerprint density at radius 2 is 2.00 bits per heavy atom. The van der Waals surface area contributed by atoms with Gasteiger partial charge in [0.1, 0.15) is 0 Å². The van der Waals surface area contributed by atoms with Crippen LogP contribution in [-0.4, -0.2) is 11.1 Å². The largest absolute Gasteiger partial charge is 0.410 e. The molecule has 0 saturated heterocycles. The Hall–Kier alpha value is -1.00. The molecular weight excluding hydrogens is 251 g/mol. The highest BCUT2D eigenvalue weighted by Crippen LogP contribution is 2.40. The number of primary amides is 1. The second-order valence-corrected chi connectivity index (χ2v) is 5.04. The molecule has 0 saturated carbocycles. The first-order valence-electron chi connectivity index (χ1n) is 4.55. The molecule has 88 valence electrons. The summed E-state index contributed by atoms with van der Waals surface area (Å²) in [5.41, 5.74) is 5.23. The fraction of sp³-hybridized carbons (Fsp3) is 0.400. The Morgan fingerprint density at radius 3 is 2.44 bits per heavy atom. The summed E-state index contributed by atoms with van der Waals surface area (Å²) in [4.78, 5) is 14.6. The van der Waals surface area contributed by atoms with Crippen LogP contribution in [0, 0.1) is 0 Å². The maximum Gasteiger partial charge on any atom is 0.410 e. The van der Waals surface area contributed by atoms with Gasteiger partial charge in [-0.1, -0.05) is 44.0 Å². The van der Waals surface area contributed by atoms with E-state index in [0.717, 1.165) is 0 Å². The molecule has 16 heavy (non-hydrogen) atoms. The van der Waals surface area contributed by atoms with Gasteiger partial charge in [0.2, 0.25) is 0 Å². The number of nitrogens with two attached hydrogens (primary N) is 1. The lowest BCUT2D eigenvalue weighted by Crippen LogP contribution is -2.21. The quantitative estimate of drug-likeness (QED) is 0.791. The molecule has 0 fully saturated rings. The Kier molecular flexibility index (Phi) is 3.65. The average molecular weight is 263 g/mol. The summed E-state index contributed by atoms with van der Waals surface area (Å²) < 4.78 is 4.84. The first-order chi connectivity index (χ1) is 7.23. The van der Waals surface area contributed by atoms with E-state index in [1.165, 1.54) is 6.20 Å². The highest BCUT2D eigenvalue weighted by atomic mass is 35.5. The van der Waals surface area contributed by atoms with Crippen LogP contribution >= 0.6 is 23.2 Å². The molecule has 0 unspecified atom stereocenters. The Balaban J connectivity index is 3.43. The number of hydrogen-bond acceptors (Lipinski definition) is 3. The zero-order valence-electron chi connectivity index (χ0n) is 9.17. The zero-order valence-corrected chi connectivity index (χ0v) is 10.7. The number of carbonyl (C=O) groups is 1. The van der Waals surface area contributed by atoms with Gasteiger partial charge in [-0.15, -0.1) is 0 Å². The number of rotatable bonds is 1. The number of carbonyl (C=O) groups excluding carboxylic acids is 1. The van der Waals surface area contributed by atoms with Crippen LogP contribution in [0.25, 0.3) is 0 Å². The molecule has 1 amide bonds. The molecule has 6 heteroatoms. The molecule has 0 aliphatic heterocycles. The van der Waals surface area contributed by atoms with E-state index in [2.05, 4.69) is 4.98 Å². The monoisotopic (exact) mass is 262 g/mol. The lowest BCUT2D eigenvalue weighted by Gasteiger charge is -2.23. The number of ether oxygens (including phenoxy) is 1. The molecular formula is C10H12Cl2N2O2. The van der Waals surface area contributed by atoms with Crippen LogP contribution in [0.5, 0.6) is 5.75 Å². The van der Waals surface area contributed by atoms with Crippen molar-refractivity contribution in [1.29, 1.82) is 0 Å². The Labute approximate surface area is 104 Å². The fourth-order valence-electron chi connectivity index (χ4n) is 1.34. The molecule has 0 bridgehead atoms. The highest BCUT2D eigenvalue weighted by Gasteiger charge is 2.26. The summed E-state index contributed by atoms with van der Waals surface area (Å²) in [5.74, 6) is 0.120. The van der Waals surface area contributed by atoms with Crippen LogP contribution in [-0.2, 0) is 5.41 Å². The summed E-state index contributed by atoms with van der Waals surface area (Å²) in [6.45, 7) is 5.75. The lowest BCUT2D eigenvalue weighted by molar-refractivity contribution is 0.209. The van der Waals surface area contributed by atoms with Crippen molar-refractivity contribution in [3.05, 3.63) is 21.9 Å². The SMILES string of the molecule is CC(C)(C)c1c(Cl)cnc(Cl)c1OC(N)=O. The summed E-state index contributed by atoms with van der Waals surface area (Å²) >= 11 is 11.9. The highest BCUT2D eigenvalue weighted by molar-refractivity contribution is 6.34. The van der Waals surface area contributed by atoms with Crippen molar-refractivity contribution < 1.29 is 9.53 Å². The number of nitrogens with zero attached hydrogens (tertiary/aromatic N) is 1.